The Kier molecular flexibility index (Phi) is 4.87. The van der Waals surface area contributed by atoms with Crippen LogP contribution in [-0.4, -0.2) is 47.3 Å². The molecule has 2 aromatic rings. The molecule has 0 bridgehead atoms. The van der Waals surface area contributed by atoms with Gasteiger partial charge in [0.05, 0.1) is 11.1 Å². The molecule has 134 valence electrons. The number of primary sulfonamides is 1. The van der Waals surface area contributed by atoms with Crippen LogP contribution < -0.4 is 5.14 Å². The number of aromatic nitrogens is 3. The fourth-order valence-electron chi connectivity index (χ4n) is 3.22. The molecule has 2 heterocycles. The molecule has 0 spiro atoms. The lowest BCUT2D eigenvalue weighted by Crippen LogP contribution is -2.41. The van der Waals surface area contributed by atoms with Gasteiger partial charge in [0.2, 0.25) is 10.0 Å². The molecule has 1 aromatic carbocycles. The fraction of sp³-hybridized carbons (Fsp3) is 0.438. The number of benzene rings is 1. The van der Waals surface area contributed by atoms with Crippen molar-refractivity contribution < 1.29 is 13.2 Å². The zero-order chi connectivity index (χ0) is 18.0. The summed E-state index contributed by atoms with van der Waals surface area (Å²) >= 11 is 0. The molecule has 1 aromatic heterocycles. The van der Waals surface area contributed by atoms with Gasteiger partial charge in [0, 0.05) is 31.4 Å². The average Bonchev–Trinajstić information content (AvgIpc) is 3.07. The lowest BCUT2D eigenvalue weighted by molar-refractivity contribution is 0.0659. The maximum atomic E-state index is 12.8. The molecule has 0 aliphatic carbocycles. The van der Waals surface area contributed by atoms with Crippen LogP contribution in [0.1, 0.15) is 28.8 Å². The Labute approximate surface area is 146 Å². The van der Waals surface area contributed by atoms with Crippen molar-refractivity contribution in [3.05, 3.63) is 41.7 Å². The van der Waals surface area contributed by atoms with Crippen LogP contribution in [0.4, 0.5) is 0 Å². The van der Waals surface area contributed by atoms with Crippen molar-refractivity contribution >= 4 is 15.9 Å². The highest BCUT2D eigenvalue weighted by molar-refractivity contribution is 7.89. The van der Waals surface area contributed by atoms with E-state index in [1.807, 2.05) is 0 Å². The first kappa shape index (κ1) is 17.6. The van der Waals surface area contributed by atoms with Crippen LogP contribution in [-0.2, 0) is 16.6 Å². The van der Waals surface area contributed by atoms with E-state index in [-0.39, 0.29) is 10.8 Å². The largest absolute Gasteiger partial charge is 0.338 e. The van der Waals surface area contributed by atoms with Gasteiger partial charge >= 0.3 is 0 Å². The van der Waals surface area contributed by atoms with Crippen molar-refractivity contribution in [1.82, 2.24) is 19.9 Å². The zero-order valence-electron chi connectivity index (χ0n) is 14.0. The number of nitrogens with zero attached hydrogens (tertiary/aromatic N) is 4. The minimum Gasteiger partial charge on any atom is -0.338 e. The van der Waals surface area contributed by atoms with Crippen LogP contribution in [0.3, 0.4) is 0 Å². The second kappa shape index (κ2) is 6.93. The molecule has 8 nitrogen and oxygen atoms in total. The first-order valence-electron chi connectivity index (χ1n) is 8.11. The summed E-state index contributed by atoms with van der Waals surface area (Å²) in [5, 5.41) is 13.0. The Bertz CT molecular complexity index is 864. The molecule has 0 saturated carbocycles. The lowest BCUT2D eigenvalue weighted by Gasteiger charge is -2.32. The molecular formula is C16H21N5O3S. The number of rotatable bonds is 4. The maximum Gasteiger partial charge on any atom is 0.253 e. The van der Waals surface area contributed by atoms with Crippen LogP contribution in [0.15, 0.2) is 35.5 Å². The average molecular weight is 363 g/mol. The van der Waals surface area contributed by atoms with Crippen LogP contribution in [0, 0.1) is 12.8 Å². The molecule has 1 atom stereocenters. The van der Waals surface area contributed by atoms with E-state index in [1.54, 1.807) is 41.0 Å². The Morgan fingerprint density at radius 2 is 2.20 bits per heavy atom. The predicted molar refractivity (Wildman–Crippen MR) is 91.2 cm³/mol. The SMILES string of the molecule is Cc1ccc(C(=O)N2CCCC(Cn3ccnn3)C2)cc1S(N)(=O)=O. The number of nitrogens with two attached hydrogens (primary N) is 1. The van der Waals surface area contributed by atoms with E-state index in [9.17, 15) is 13.2 Å². The summed E-state index contributed by atoms with van der Waals surface area (Å²) in [6.45, 7) is 3.63. The van der Waals surface area contributed by atoms with Gasteiger partial charge in [-0.25, -0.2) is 13.6 Å². The third-order valence-corrected chi connectivity index (χ3v) is 5.52. The zero-order valence-corrected chi connectivity index (χ0v) is 14.8. The number of likely N-dealkylation sites (tertiary alicyclic amines) is 1. The van der Waals surface area contributed by atoms with E-state index < -0.39 is 10.0 Å². The minimum absolute atomic E-state index is 0.00507. The van der Waals surface area contributed by atoms with E-state index in [2.05, 4.69) is 10.3 Å². The molecule has 1 unspecified atom stereocenters. The summed E-state index contributed by atoms with van der Waals surface area (Å²) in [5.74, 6) is 0.121. The highest BCUT2D eigenvalue weighted by Gasteiger charge is 2.26. The number of carbonyl (C=O) groups is 1. The fourth-order valence-corrected chi connectivity index (χ4v) is 4.02. The first-order chi connectivity index (χ1) is 11.8. The smallest absolute Gasteiger partial charge is 0.253 e. The van der Waals surface area contributed by atoms with E-state index in [1.165, 1.54) is 6.07 Å². The Morgan fingerprint density at radius 1 is 1.40 bits per heavy atom. The van der Waals surface area contributed by atoms with Crippen LogP contribution in [0.5, 0.6) is 0 Å². The first-order valence-corrected chi connectivity index (χ1v) is 9.66. The van der Waals surface area contributed by atoms with E-state index in [4.69, 9.17) is 5.14 Å². The second-order valence-electron chi connectivity index (χ2n) is 6.41. The van der Waals surface area contributed by atoms with Crippen molar-refractivity contribution in [3.8, 4) is 0 Å². The highest BCUT2D eigenvalue weighted by Crippen LogP contribution is 2.22. The molecule has 0 radical (unpaired) electrons. The van der Waals surface area contributed by atoms with Gasteiger partial charge < -0.3 is 4.90 Å². The number of piperidine rings is 1. The third-order valence-electron chi connectivity index (χ3n) is 4.47. The molecule has 1 saturated heterocycles. The predicted octanol–water partition coefficient (Wildman–Crippen LogP) is 0.786. The van der Waals surface area contributed by atoms with E-state index in [0.717, 1.165) is 12.8 Å². The Hall–Kier alpha value is -2.26. The van der Waals surface area contributed by atoms with Crippen molar-refractivity contribution in [3.63, 3.8) is 0 Å². The summed E-state index contributed by atoms with van der Waals surface area (Å²) in [6, 6.07) is 4.63. The van der Waals surface area contributed by atoms with Gasteiger partial charge in [-0.2, -0.15) is 0 Å². The van der Waals surface area contributed by atoms with E-state index >= 15 is 0 Å². The molecule has 1 aliphatic rings. The normalized spacial score (nSPS) is 18.3. The van der Waals surface area contributed by atoms with Gasteiger partial charge in [0.1, 0.15) is 0 Å². The van der Waals surface area contributed by atoms with Crippen molar-refractivity contribution in [1.29, 1.82) is 0 Å². The van der Waals surface area contributed by atoms with Crippen molar-refractivity contribution in [2.24, 2.45) is 11.1 Å². The molecular weight excluding hydrogens is 342 g/mol. The van der Waals surface area contributed by atoms with Gasteiger partial charge in [-0.1, -0.05) is 11.3 Å². The highest BCUT2D eigenvalue weighted by atomic mass is 32.2. The number of hydrogen-bond acceptors (Lipinski definition) is 5. The summed E-state index contributed by atoms with van der Waals surface area (Å²) in [7, 11) is -3.85. The topological polar surface area (TPSA) is 111 Å². The van der Waals surface area contributed by atoms with Gasteiger partial charge in [-0.05, 0) is 43.4 Å². The monoisotopic (exact) mass is 363 g/mol. The standard InChI is InChI=1S/C16H21N5O3S/c1-12-4-5-14(9-15(12)25(17,23)24)16(22)20-7-2-3-13(10-20)11-21-8-6-18-19-21/h4-6,8-9,13H,2-3,7,10-11H2,1H3,(H2,17,23,24). The van der Waals surface area contributed by atoms with Gasteiger partial charge in [-0.3, -0.25) is 9.48 Å². The van der Waals surface area contributed by atoms with Crippen LogP contribution in [0.25, 0.3) is 0 Å². The van der Waals surface area contributed by atoms with Crippen LogP contribution >= 0.6 is 0 Å². The maximum absolute atomic E-state index is 12.8. The number of carbonyl (C=O) groups excluding carboxylic acids is 1. The number of hydrogen-bond donors (Lipinski definition) is 1. The molecule has 1 amide bonds. The third kappa shape index (κ3) is 4.05. The number of aryl methyl sites for hydroxylation is 1. The Balaban J connectivity index is 1.76. The lowest BCUT2D eigenvalue weighted by atomic mass is 9.97. The van der Waals surface area contributed by atoms with E-state index in [0.29, 0.717) is 36.7 Å². The summed E-state index contributed by atoms with van der Waals surface area (Å²) < 4.78 is 25.1. The summed E-state index contributed by atoms with van der Waals surface area (Å²) in [6.07, 6.45) is 5.35. The van der Waals surface area contributed by atoms with Crippen molar-refractivity contribution in [2.75, 3.05) is 13.1 Å². The molecule has 2 N–H and O–H groups in total. The minimum atomic E-state index is -3.85. The molecule has 3 rings (SSSR count). The summed E-state index contributed by atoms with van der Waals surface area (Å²) in [4.78, 5) is 14.6. The summed E-state index contributed by atoms with van der Waals surface area (Å²) in [5.41, 5.74) is 0.873. The molecule has 1 aliphatic heterocycles. The van der Waals surface area contributed by atoms with Gasteiger partial charge in [0.25, 0.3) is 5.91 Å². The van der Waals surface area contributed by atoms with Crippen LogP contribution in [0.2, 0.25) is 0 Å². The molecule has 1 fully saturated rings. The number of amides is 1. The quantitative estimate of drug-likeness (QED) is 0.863. The molecule has 9 heteroatoms. The second-order valence-corrected chi connectivity index (χ2v) is 7.94. The van der Waals surface area contributed by atoms with Crippen molar-refractivity contribution in [2.45, 2.75) is 31.2 Å². The van der Waals surface area contributed by atoms with Gasteiger partial charge in [-0.15, -0.1) is 5.10 Å². The van der Waals surface area contributed by atoms with Gasteiger partial charge in [0.15, 0.2) is 0 Å². The number of sulfonamides is 1. The molecule has 25 heavy (non-hydrogen) atoms. The Morgan fingerprint density at radius 3 is 2.88 bits per heavy atom.